The molecule has 2 aliphatic heterocycles. The zero-order valence-corrected chi connectivity index (χ0v) is 8.93. The van der Waals surface area contributed by atoms with Gasteiger partial charge in [0.2, 0.25) is 0 Å². The second kappa shape index (κ2) is 4.73. The van der Waals surface area contributed by atoms with E-state index >= 15 is 0 Å². The van der Waals surface area contributed by atoms with E-state index in [0.717, 1.165) is 25.2 Å². The van der Waals surface area contributed by atoms with E-state index < -0.39 is 0 Å². The second-order valence-corrected chi connectivity index (χ2v) is 3.46. The minimum atomic E-state index is 0.733. The second-order valence-electron chi connectivity index (χ2n) is 3.46. The van der Waals surface area contributed by atoms with Gasteiger partial charge in [-0.25, -0.2) is 0 Å². The highest BCUT2D eigenvalue weighted by atomic mass is 15.4. The lowest BCUT2D eigenvalue weighted by molar-refractivity contribution is 0.415. The molecule has 0 fully saturated rings. The van der Waals surface area contributed by atoms with Gasteiger partial charge in [-0.3, -0.25) is 10.0 Å². The predicted molar refractivity (Wildman–Crippen MR) is 64.2 cm³/mol. The third-order valence-corrected chi connectivity index (χ3v) is 2.39. The summed E-state index contributed by atoms with van der Waals surface area (Å²) in [6.45, 7) is 3.74. The van der Waals surface area contributed by atoms with Crippen LogP contribution in [0.3, 0.4) is 0 Å². The SMILES string of the molecule is CCN1C=CCC(C2=CC=CC=NC2)=N1. The van der Waals surface area contributed by atoms with Crippen LogP contribution in [0.1, 0.15) is 13.3 Å². The van der Waals surface area contributed by atoms with Gasteiger partial charge in [0.05, 0.1) is 12.3 Å². The molecule has 0 bridgehead atoms. The molecule has 3 nitrogen and oxygen atoms in total. The molecule has 2 heterocycles. The third-order valence-electron chi connectivity index (χ3n) is 2.39. The standard InChI is InChI=1S/C12H15N3/c1-2-15-9-5-7-12(14-15)11-6-3-4-8-13-10-11/h3-6,8-9H,2,7,10H2,1H3. The maximum absolute atomic E-state index is 4.55. The van der Waals surface area contributed by atoms with Crippen LogP contribution in [0.5, 0.6) is 0 Å². The molecule has 0 aromatic heterocycles. The zero-order valence-electron chi connectivity index (χ0n) is 8.93. The van der Waals surface area contributed by atoms with Crippen LogP contribution in [0.2, 0.25) is 0 Å². The molecule has 0 spiro atoms. The van der Waals surface area contributed by atoms with Gasteiger partial charge >= 0.3 is 0 Å². The Morgan fingerprint density at radius 2 is 2.33 bits per heavy atom. The van der Waals surface area contributed by atoms with Crippen LogP contribution in [-0.2, 0) is 0 Å². The Labute approximate surface area is 90.2 Å². The van der Waals surface area contributed by atoms with E-state index in [0.29, 0.717) is 0 Å². The lowest BCUT2D eigenvalue weighted by atomic mass is 10.1. The van der Waals surface area contributed by atoms with E-state index in [-0.39, 0.29) is 0 Å². The normalized spacial score (nSPS) is 19.9. The summed E-state index contributed by atoms with van der Waals surface area (Å²) < 4.78 is 0. The number of allylic oxidation sites excluding steroid dienone is 4. The lowest BCUT2D eigenvalue weighted by Gasteiger charge is -2.19. The Kier molecular flexibility index (Phi) is 3.12. The molecular formula is C12H15N3. The maximum Gasteiger partial charge on any atom is 0.0698 e. The molecule has 15 heavy (non-hydrogen) atoms. The summed E-state index contributed by atoms with van der Waals surface area (Å²) in [4.78, 5) is 4.27. The Morgan fingerprint density at radius 1 is 1.40 bits per heavy atom. The largest absolute Gasteiger partial charge is 0.288 e. The highest BCUT2D eigenvalue weighted by Crippen LogP contribution is 2.12. The van der Waals surface area contributed by atoms with Crippen LogP contribution in [0.4, 0.5) is 0 Å². The van der Waals surface area contributed by atoms with E-state index in [9.17, 15) is 0 Å². The molecule has 0 N–H and O–H groups in total. The Bertz CT molecular complexity index is 372. The minimum absolute atomic E-state index is 0.733. The van der Waals surface area contributed by atoms with Gasteiger partial charge in [0.15, 0.2) is 0 Å². The van der Waals surface area contributed by atoms with Crippen molar-refractivity contribution in [3.8, 4) is 0 Å². The molecule has 0 aromatic rings. The monoisotopic (exact) mass is 201 g/mol. The van der Waals surface area contributed by atoms with E-state index in [2.05, 4.69) is 29.2 Å². The van der Waals surface area contributed by atoms with Crippen LogP contribution in [0.15, 0.2) is 46.2 Å². The van der Waals surface area contributed by atoms with Crippen molar-refractivity contribution in [1.29, 1.82) is 0 Å². The van der Waals surface area contributed by atoms with E-state index in [1.807, 2.05) is 29.6 Å². The summed E-state index contributed by atoms with van der Waals surface area (Å²) in [5.41, 5.74) is 2.34. The van der Waals surface area contributed by atoms with Crippen molar-refractivity contribution >= 4 is 11.9 Å². The Morgan fingerprint density at radius 3 is 3.20 bits per heavy atom. The van der Waals surface area contributed by atoms with Crippen molar-refractivity contribution in [1.82, 2.24) is 5.01 Å². The molecule has 78 valence electrons. The number of hydrogen-bond acceptors (Lipinski definition) is 3. The summed E-state index contributed by atoms with van der Waals surface area (Å²) in [5, 5.41) is 6.51. The summed E-state index contributed by atoms with van der Waals surface area (Å²) in [6.07, 6.45) is 13.0. The fourth-order valence-corrected chi connectivity index (χ4v) is 1.56. The average molecular weight is 201 g/mol. The minimum Gasteiger partial charge on any atom is -0.288 e. The molecule has 0 unspecified atom stereocenters. The number of hydrogen-bond donors (Lipinski definition) is 0. The van der Waals surface area contributed by atoms with Gasteiger partial charge in [0, 0.05) is 25.4 Å². The molecule has 0 atom stereocenters. The van der Waals surface area contributed by atoms with Crippen molar-refractivity contribution < 1.29 is 0 Å². The summed E-state index contributed by atoms with van der Waals surface area (Å²) in [7, 11) is 0. The molecule has 0 radical (unpaired) electrons. The Hall–Kier alpha value is -1.64. The first-order valence-corrected chi connectivity index (χ1v) is 5.27. The van der Waals surface area contributed by atoms with Crippen molar-refractivity contribution in [3.63, 3.8) is 0 Å². The highest BCUT2D eigenvalue weighted by molar-refractivity contribution is 6.02. The van der Waals surface area contributed by atoms with Crippen LogP contribution >= 0.6 is 0 Å². The van der Waals surface area contributed by atoms with Crippen molar-refractivity contribution in [2.75, 3.05) is 13.1 Å². The topological polar surface area (TPSA) is 28.0 Å². The lowest BCUT2D eigenvalue weighted by Crippen LogP contribution is -2.18. The van der Waals surface area contributed by atoms with Gasteiger partial charge in [0.25, 0.3) is 0 Å². The molecule has 0 aromatic carbocycles. The van der Waals surface area contributed by atoms with Crippen molar-refractivity contribution in [3.05, 3.63) is 36.1 Å². The number of hydrazone groups is 1. The quantitative estimate of drug-likeness (QED) is 0.672. The first-order valence-electron chi connectivity index (χ1n) is 5.27. The highest BCUT2D eigenvalue weighted by Gasteiger charge is 2.10. The first kappa shape index (κ1) is 9.90. The summed E-state index contributed by atoms with van der Waals surface area (Å²) in [6, 6.07) is 0. The molecule has 2 rings (SSSR count). The number of nitrogens with zero attached hydrogens (tertiary/aromatic N) is 3. The zero-order chi connectivity index (χ0) is 10.5. The third kappa shape index (κ3) is 2.43. The van der Waals surface area contributed by atoms with Gasteiger partial charge < -0.3 is 0 Å². The van der Waals surface area contributed by atoms with Gasteiger partial charge in [-0.1, -0.05) is 18.2 Å². The van der Waals surface area contributed by atoms with E-state index in [4.69, 9.17) is 0 Å². The van der Waals surface area contributed by atoms with E-state index in [1.165, 1.54) is 5.57 Å². The summed E-state index contributed by atoms with van der Waals surface area (Å²) in [5.74, 6) is 0. The smallest absolute Gasteiger partial charge is 0.0698 e. The number of rotatable bonds is 2. The molecule has 0 amide bonds. The van der Waals surface area contributed by atoms with Crippen LogP contribution < -0.4 is 0 Å². The first-order chi connectivity index (χ1) is 7.40. The van der Waals surface area contributed by atoms with E-state index in [1.54, 1.807) is 0 Å². The molecule has 0 saturated carbocycles. The van der Waals surface area contributed by atoms with Crippen molar-refractivity contribution in [2.45, 2.75) is 13.3 Å². The predicted octanol–water partition coefficient (Wildman–Crippen LogP) is 2.15. The van der Waals surface area contributed by atoms with Crippen LogP contribution in [0, 0.1) is 0 Å². The average Bonchev–Trinajstić information content (AvgIpc) is 2.58. The van der Waals surface area contributed by atoms with Gasteiger partial charge in [-0.15, -0.1) is 0 Å². The molecule has 3 heteroatoms. The van der Waals surface area contributed by atoms with Gasteiger partial charge in [0.1, 0.15) is 0 Å². The molecular weight excluding hydrogens is 186 g/mol. The van der Waals surface area contributed by atoms with Crippen LogP contribution in [0.25, 0.3) is 0 Å². The molecule has 0 aliphatic carbocycles. The van der Waals surface area contributed by atoms with Crippen LogP contribution in [-0.4, -0.2) is 30.0 Å². The number of aliphatic imine (C=N–C) groups is 1. The van der Waals surface area contributed by atoms with Crippen molar-refractivity contribution in [2.24, 2.45) is 10.1 Å². The molecule has 0 saturated heterocycles. The maximum atomic E-state index is 4.55. The fraction of sp³-hybridized carbons (Fsp3) is 0.333. The summed E-state index contributed by atoms with van der Waals surface area (Å²) >= 11 is 0. The van der Waals surface area contributed by atoms with Gasteiger partial charge in [-0.2, -0.15) is 5.10 Å². The molecule has 2 aliphatic rings. The van der Waals surface area contributed by atoms with Gasteiger partial charge in [-0.05, 0) is 18.6 Å². The fourth-order valence-electron chi connectivity index (χ4n) is 1.56. The Balaban J connectivity index is 2.17.